The number of nitrogens with one attached hydrogen (secondary N) is 1. The zero-order valence-corrected chi connectivity index (χ0v) is 14.6. The normalized spacial score (nSPS) is 14.9. The number of nitrogens with zero attached hydrogens (tertiary/aromatic N) is 2. The number of hydrogen-bond donors (Lipinski definition) is 1. The number of rotatable bonds is 6. The van der Waals surface area contributed by atoms with Gasteiger partial charge in [0.15, 0.2) is 0 Å². The number of piperazine rings is 1. The van der Waals surface area contributed by atoms with Crippen LogP contribution in [0.25, 0.3) is 0 Å². The third kappa shape index (κ3) is 4.38. The van der Waals surface area contributed by atoms with Gasteiger partial charge in [0.25, 0.3) is 0 Å². The van der Waals surface area contributed by atoms with Crippen molar-refractivity contribution < 1.29 is 9.53 Å². The number of urea groups is 1. The number of amides is 2. The lowest BCUT2D eigenvalue weighted by molar-refractivity contribution is 0.177. The van der Waals surface area contributed by atoms with Crippen LogP contribution in [0.2, 0.25) is 0 Å². The fraction of sp³-hybridized carbons (Fsp3) is 0.611. The Labute approximate surface area is 139 Å². The molecule has 0 spiro atoms. The van der Waals surface area contributed by atoms with Gasteiger partial charge in [-0.2, -0.15) is 0 Å². The fourth-order valence-corrected chi connectivity index (χ4v) is 3.13. The second-order valence-corrected chi connectivity index (χ2v) is 5.83. The molecule has 2 amide bonds. The van der Waals surface area contributed by atoms with Gasteiger partial charge < -0.3 is 19.9 Å². The molecule has 0 radical (unpaired) electrons. The number of hydrogen-bond acceptors (Lipinski definition) is 3. The van der Waals surface area contributed by atoms with Crippen LogP contribution in [0.5, 0.6) is 0 Å². The van der Waals surface area contributed by atoms with Crippen molar-refractivity contribution in [2.75, 3.05) is 51.3 Å². The van der Waals surface area contributed by atoms with E-state index in [0.29, 0.717) is 13.2 Å². The van der Waals surface area contributed by atoms with Crippen LogP contribution < -0.4 is 10.2 Å². The van der Waals surface area contributed by atoms with Crippen molar-refractivity contribution in [1.29, 1.82) is 0 Å². The zero-order chi connectivity index (χ0) is 16.7. The van der Waals surface area contributed by atoms with E-state index in [1.165, 1.54) is 16.8 Å². The predicted octanol–water partition coefficient (Wildman–Crippen LogP) is 2.29. The van der Waals surface area contributed by atoms with Crippen LogP contribution in [0.15, 0.2) is 18.2 Å². The van der Waals surface area contributed by atoms with Crippen LogP contribution in [0.4, 0.5) is 10.5 Å². The highest BCUT2D eigenvalue weighted by atomic mass is 16.5. The van der Waals surface area contributed by atoms with Gasteiger partial charge in [-0.3, -0.25) is 0 Å². The van der Waals surface area contributed by atoms with Crippen LogP contribution in [-0.2, 0) is 17.6 Å². The molecule has 1 aromatic rings. The van der Waals surface area contributed by atoms with E-state index < -0.39 is 0 Å². The molecule has 5 heteroatoms. The number of carbonyl (C=O) groups is 1. The van der Waals surface area contributed by atoms with Gasteiger partial charge in [-0.25, -0.2) is 4.79 Å². The quantitative estimate of drug-likeness (QED) is 0.818. The van der Waals surface area contributed by atoms with Crippen LogP contribution >= 0.6 is 0 Å². The van der Waals surface area contributed by atoms with Crippen LogP contribution in [-0.4, -0.2) is 57.4 Å². The first kappa shape index (κ1) is 17.6. The highest BCUT2D eigenvalue weighted by molar-refractivity contribution is 5.74. The predicted molar refractivity (Wildman–Crippen MR) is 94.3 cm³/mol. The summed E-state index contributed by atoms with van der Waals surface area (Å²) in [5.41, 5.74) is 4.20. The van der Waals surface area contributed by atoms with Gasteiger partial charge >= 0.3 is 6.03 Å². The van der Waals surface area contributed by atoms with Gasteiger partial charge in [-0.15, -0.1) is 0 Å². The van der Waals surface area contributed by atoms with Crippen LogP contribution in [0.1, 0.15) is 25.0 Å². The zero-order valence-electron chi connectivity index (χ0n) is 14.6. The third-order valence-corrected chi connectivity index (χ3v) is 4.43. The number of anilines is 1. The van der Waals surface area contributed by atoms with E-state index >= 15 is 0 Å². The van der Waals surface area contributed by atoms with E-state index in [-0.39, 0.29) is 6.03 Å². The summed E-state index contributed by atoms with van der Waals surface area (Å²) in [5, 5.41) is 2.90. The molecule has 5 nitrogen and oxygen atoms in total. The smallest absolute Gasteiger partial charge is 0.317 e. The highest BCUT2D eigenvalue weighted by Gasteiger charge is 2.23. The van der Waals surface area contributed by atoms with Crippen molar-refractivity contribution in [3.05, 3.63) is 29.3 Å². The lowest BCUT2D eigenvalue weighted by atomic mass is 10.0. The van der Waals surface area contributed by atoms with Gasteiger partial charge in [0.2, 0.25) is 0 Å². The average Bonchev–Trinajstić information content (AvgIpc) is 2.61. The third-order valence-electron chi connectivity index (χ3n) is 4.43. The van der Waals surface area contributed by atoms with Crippen molar-refractivity contribution in [3.63, 3.8) is 0 Å². The van der Waals surface area contributed by atoms with E-state index in [4.69, 9.17) is 4.74 Å². The minimum absolute atomic E-state index is 0.0150. The standard InChI is InChI=1S/C18H29N3O2/c1-4-15-7-6-8-16(5-2)17(15)20-10-12-21(13-11-20)18(22)19-9-14-23-3/h6-8H,4-5,9-14H2,1-3H3,(H,19,22). The summed E-state index contributed by atoms with van der Waals surface area (Å²) < 4.78 is 4.96. The first-order valence-corrected chi connectivity index (χ1v) is 8.58. The van der Waals surface area contributed by atoms with Crippen molar-refractivity contribution in [2.24, 2.45) is 0 Å². The van der Waals surface area contributed by atoms with Crippen molar-refractivity contribution in [2.45, 2.75) is 26.7 Å². The summed E-state index contributed by atoms with van der Waals surface area (Å²) >= 11 is 0. The van der Waals surface area contributed by atoms with Crippen molar-refractivity contribution >= 4 is 11.7 Å². The second-order valence-electron chi connectivity index (χ2n) is 5.83. The Morgan fingerprint density at radius 3 is 2.26 bits per heavy atom. The van der Waals surface area contributed by atoms with Gasteiger partial charge in [-0.05, 0) is 24.0 Å². The van der Waals surface area contributed by atoms with E-state index in [2.05, 4.69) is 42.3 Å². The van der Waals surface area contributed by atoms with Gasteiger partial charge in [0.05, 0.1) is 6.61 Å². The van der Waals surface area contributed by atoms with E-state index in [1.54, 1.807) is 7.11 Å². The Morgan fingerprint density at radius 1 is 1.13 bits per heavy atom. The molecule has 1 fully saturated rings. The van der Waals surface area contributed by atoms with Crippen molar-refractivity contribution in [1.82, 2.24) is 10.2 Å². The molecule has 0 aromatic heterocycles. The molecule has 2 rings (SSSR count). The molecule has 1 saturated heterocycles. The number of aryl methyl sites for hydroxylation is 2. The number of methoxy groups -OCH3 is 1. The molecule has 0 unspecified atom stereocenters. The molecule has 23 heavy (non-hydrogen) atoms. The largest absolute Gasteiger partial charge is 0.383 e. The van der Waals surface area contributed by atoms with Crippen LogP contribution in [0, 0.1) is 0 Å². The van der Waals surface area contributed by atoms with Gasteiger partial charge in [0, 0.05) is 45.5 Å². The molecular formula is C18H29N3O2. The lowest BCUT2D eigenvalue weighted by Gasteiger charge is -2.38. The summed E-state index contributed by atoms with van der Waals surface area (Å²) in [5.74, 6) is 0. The molecule has 1 aliphatic rings. The SMILES string of the molecule is CCc1cccc(CC)c1N1CCN(C(=O)NCCOC)CC1. The summed E-state index contributed by atoms with van der Waals surface area (Å²) in [7, 11) is 1.64. The molecule has 128 valence electrons. The molecule has 1 aromatic carbocycles. The first-order valence-electron chi connectivity index (χ1n) is 8.58. The molecule has 0 bridgehead atoms. The maximum absolute atomic E-state index is 12.1. The first-order chi connectivity index (χ1) is 11.2. The Hall–Kier alpha value is -1.75. The Kier molecular flexibility index (Phi) is 6.71. The number of benzene rings is 1. The monoisotopic (exact) mass is 319 g/mol. The topological polar surface area (TPSA) is 44.8 Å². The minimum atomic E-state index is 0.0150. The minimum Gasteiger partial charge on any atom is -0.383 e. The maximum Gasteiger partial charge on any atom is 0.317 e. The Morgan fingerprint density at radius 2 is 1.74 bits per heavy atom. The van der Waals surface area contributed by atoms with Gasteiger partial charge in [-0.1, -0.05) is 32.0 Å². The lowest BCUT2D eigenvalue weighted by Crippen LogP contribution is -2.52. The fourth-order valence-electron chi connectivity index (χ4n) is 3.13. The molecular weight excluding hydrogens is 290 g/mol. The summed E-state index contributed by atoms with van der Waals surface area (Å²) in [6, 6.07) is 6.61. The average molecular weight is 319 g/mol. The van der Waals surface area contributed by atoms with Crippen LogP contribution in [0.3, 0.4) is 0 Å². The van der Waals surface area contributed by atoms with Gasteiger partial charge in [0.1, 0.15) is 0 Å². The Balaban J connectivity index is 1.98. The number of para-hydroxylation sites is 1. The maximum atomic E-state index is 12.1. The molecule has 1 heterocycles. The highest BCUT2D eigenvalue weighted by Crippen LogP contribution is 2.27. The summed E-state index contributed by atoms with van der Waals surface area (Å²) in [6.45, 7) is 8.84. The number of ether oxygens (including phenoxy) is 1. The molecule has 1 N–H and O–H groups in total. The second kappa shape index (κ2) is 8.77. The molecule has 0 saturated carbocycles. The van der Waals surface area contributed by atoms with E-state index in [1.807, 2.05) is 4.90 Å². The van der Waals surface area contributed by atoms with E-state index in [9.17, 15) is 4.79 Å². The molecule has 0 aliphatic carbocycles. The molecule has 1 aliphatic heterocycles. The number of carbonyl (C=O) groups excluding carboxylic acids is 1. The molecule has 0 atom stereocenters. The Bertz CT molecular complexity index is 489. The summed E-state index contributed by atoms with van der Waals surface area (Å²) in [4.78, 5) is 16.4. The van der Waals surface area contributed by atoms with E-state index in [0.717, 1.165) is 39.0 Å². The summed E-state index contributed by atoms with van der Waals surface area (Å²) in [6.07, 6.45) is 2.09. The van der Waals surface area contributed by atoms with Crippen molar-refractivity contribution in [3.8, 4) is 0 Å².